The minimum absolute atomic E-state index is 0.0288. The Hall–Kier alpha value is 0.320. The van der Waals surface area contributed by atoms with Crippen LogP contribution in [0.15, 0.2) is 0 Å². The van der Waals surface area contributed by atoms with E-state index in [1.165, 1.54) is 10.8 Å². The van der Waals surface area contributed by atoms with E-state index >= 15 is 0 Å². The number of carboxylic acids is 1. The molecule has 0 spiro atoms. The minimum Gasteiger partial charge on any atom is -0.481 e. The van der Waals surface area contributed by atoms with Gasteiger partial charge < -0.3 is 5.11 Å². The Morgan fingerprint density at radius 1 is 1.24 bits per heavy atom. The van der Waals surface area contributed by atoms with E-state index < -0.39 is 12.8 Å². The summed E-state index contributed by atoms with van der Waals surface area (Å²) in [7, 11) is 2.18. The van der Waals surface area contributed by atoms with Crippen LogP contribution in [-0.4, -0.2) is 29.0 Å². The van der Waals surface area contributed by atoms with Gasteiger partial charge in [-0.15, -0.1) is 0 Å². The number of carbonyl (C=O) groups is 1. The number of rotatable bonds is 9. The van der Waals surface area contributed by atoms with Crippen molar-refractivity contribution >= 4 is 34.0 Å². The van der Waals surface area contributed by atoms with E-state index in [4.69, 9.17) is 14.2 Å². The van der Waals surface area contributed by atoms with Crippen molar-refractivity contribution in [3.8, 4) is 0 Å². The second kappa shape index (κ2) is 8.43. The molecule has 0 saturated carbocycles. The Labute approximate surface area is 110 Å². The maximum absolute atomic E-state index is 12.2. The molecule has 0 aliphatic carbocycles. The molecule has 0 aromatic carbocycles. The molecule has 0 aromatic rings. The van der Waals surface area contributed by atoms with Gasteiger partial charge in [0.1, 0.15) is 0 Å². The number of hydrogen-bond acceptors (Lipinski definition) is 6. The molecule has 0 rings (SSSR count). The Balaban J connectivity index is 4.19. The highest BCUT2D eigenvalue weighted by Crippen LogP contribution is 2.66. The van der Waals surface area contributed by atoms with E-state index in [2.05, 4.69) is 0 Å². The first-order chi connectivity index (χ1) is 7.75. The van der Waals surface area contributed by atoms with Gasteiger partial charge in [-0.05, 0) is 27.7 Å². The van der Waals surface area contributed by atoms with Gasteiger partial charge in [-0.3, -0.25) is 13.8 Å². The smallest absolute Gasteiger partial charge is 0.400 e. The summed E-state index contributed by atoms with van der Waals surface area (Å²) in [6, 6.07) is 0. The van der Waals surface area contributed by atoms with Crippen LogP contribution < -0.4 is 0 Å². The molecular weight excluding hydrogens is 283 g/mol. The fraction of sp³-hybridized carbons (Fsp3) is 0.889. The molecule has 0 aliphatic heterocycles. The molecule has 0 radical (unpaired) electrons. The van der Waals surface area contributed by atoms with E-state index in [9.17, 15) is 9.36 Å². The van der Waals surface area contributed by atoms with Crippen molar-refractivity contribution < 1.29 is 23.5 Å². The second-order valence-corrected chi connectivity index (χ2v) is 9.74. The first kappa shape index (κ1) is 17.3. The third-order valence-corrected chi connectivity index (χ3v) is 7.71. The first-order valence-corrected chi connectivity index (χ1v) is 9.71. The molecular formula is C9H19O5PS2. The summed E-state index contributed by atoms with van der Waals surface area (Å²) in [5, 5.41) is 8.48. The van der Waals surface area contributed by atoms with Gasteiger partial charge in [-0.25, -0.2) is 4.57 Å². The molecule has 0 amide bonds. The van der Waals surface area contributed by atoms with Gasteiger partial charge in [0, 0.05) is 16.2 Å². The van der Waals surface area contributed by atoms with Gasteiger partial charge in [0.2, 0.25) is 0 Å². The fourth-order valence-corrected chi connectivity index (χ4v) is 6.99. The fourth-order valence-electron chi connectivity index (χ4n) is 0.807. The first-order valence-electron chi connectivity index (χ1n) is 5.25. The lowest BCUT2D eigenvalue weighted by Crippen LogP contribution is -2.05. The Morgan fingerprint density at radius 3 is 2.06 bits per heavy atom. The molecule has 0 fully saturated rings. The third-order valence-electron chi connectivity index (χ3n) is 1.22. The summed E-state index contributed by atoms with van der Waals surface area (Å²) in [5.74, 6) is -0.505. The van der Waals surface area contributed by atoms with Crippen molar-refractivity contribution in [1.82, 2.24) is 0 Å². The lowest BCUT2D eigenvalue weighted by molar-refractivity contribution is -0.136. The minimum atomic E-state index is -3.20. The monoisotopic (exact) mass is 302 g/mol. The lowest BCUT2D eigenvalue weighted by atomic mass is 10.5. The van der Waals surface area contributed by atoms with Crippen LogP contribution in [0.1, 0.15) is 34.1 Å². The summed E-state index contributed by atoms with van der Waals surface area (Å²) < 4.78 is 22.8. The van der Waals surface area contributed by atoms with Crippen molar-refractivity contribution in [3.63, 3.8) is 0 Å². The van der Waals surface area contributed by atoms with Crippen molar-refractivity contribution in [2.45, 2.75) is 46.3 Å². The molecule has 17 heavy (non-hydrogen) atoms. The van der Waals surface area contributed by atoms with Gasteiger partial charge in [-0.1, -0.05) is 10.8 Å². The van der Waals surface area contributed by atoms with E-state index in [0.717, 1.165) is 10.4 Å². The predicted octanol–water partition coefficient (Wildman–Crippen LogP) is 3.80. The van der Waals surface area contributed by atoms with Crippen molar-refractivity contribution in [3.05, 3.63) is 0 Å². The van der Waals surface area contributed by atoms with E-state index in [1.54, 1.807) is 27.7 Å². The van der Waals surface area contributed by atoms with Gasteiger partial charge in [0.15, 0.2) is 0 Å². The molecule has 5 nitrogen and oxygen atoms in total. The van der Waals surface area contributed by atoms with Crippen LogP contribution in [0.5, 0.6) is 0 Å². The van der Waals surface area contributed by atoms with Crippen LogP contribution in [0.3, 0.4) is 0 Å². The molecule has 102 valence electrons. The normalized spacial score (nSPS) is 12.4. The van der Waals surface area contributed by atoms with Crippen LogP contribution in [0.2, 0.25) is 0 Å². The summed E-state index contributed by atoms with van der Waals surface area (Å²) in [6.45, 7) is 3.90. The second-order valence-electron chi connectivity index (χ2n) is 3.80. The molecule has 0 atom stereocenters. The maximum Gasteiger partial charge on any atom is 0.400 e. The third kappa shape index (κ3) is 9.97. The zero-order valence-electron chi connectivity index (χ0n) is 10.4. The van der Waals surface area contributed by atoms with Crippen molar-refractivity contribution in [1.29, 1.82) is 0 Å². The highest BCUT2D eigenvalue weighted by Gasteiger charge is 2.29. The molecule has 0 aliphatic rings. The standard InChI is InChI=1S/C9H19O5PS2/c1-7(2)13-15(12,14-8(3)4)17-16-6-5-9(10)11/h7-8H,5-6H2,1-4H3,(H,10,11). The van der Waals surface area contributed by atoms with Gasteiger partial charge in [-0.2, -0.15) is 0 Å². The van der Waals surface area contributed by atoms with Crippen molar-refractivity contribution in [2.75, 3.05) is 5.75 Å². The molecule has 0 heterocycles. The molecule has 0 saturated heterocycles. The Bertz CT molecular complexity index is 269. The number of hydrogen-bond donors (Lipinski definition) is 1. The van der Waals surface area contributed by atoms with E-state index in [1.807, 2.05) is 0 Å². The quantitative estimate of drug-likeness (QED) is 0.394. The predicted molar refractivity (Wildman–Crippen MR) is 72.4 cm³/mol. The molecule has 0 bridgehead atoms. The van der Waals surface area contributed by atoms with Gasteiger partial charge in [0.05, 0.1) is 18.6 Å². The molecule has 0 aromatic heterocycles. The Morgan fingerprint density at radius 2 is 1.71 bits per heavy atom. The van der Waals surface area contributed by atoms with Gasteiger partial charge in [0.25, 0.3) is 0 Å². The van der Waals surface area contributed by atoms with Crippen molar-refractivity contribution in [2.24, 2.45) is 0 Å². The number of aliphatic carboxylic acids is 1. The summed E-state index contributed by atoms with van der Waals surface area (Å²) in [4.78, 5) is 10.3. The highest BCUT2D eigenvalue weighted by atomic mass is 33.3. The van der Waals surface area contributed by atoms with Crippen LogP contribution >= 0.6 is 28.0 Å². The molecule has 1 N–H and O–H groups in total. The van der Waals surface area contributed by atoms with E-state index in [-0.39, 0.29) is 18.6 Å². The topological polar surface area (TPSA) is 72.8 Å². The van der Waals surface area contributed by atoms with E-state index in [0.29, 0.717) is 5.75 Å². The Kier molecular flexibility index (Phi) is 8.59. The zero-order valence-corrected chi connectivity index (χ0v) is 12.9. The van der Waals surface area contributed by atoms with Crippen LogP contribution in [0, 0.1) is 0 Å². The summed E-state index contributed by atoms with van der Waals surface area (Å²) in [6.07, 6.45) is -0.375. The molecule has 0 unspecified atom stereocenters. The molecule has 8 heteroatoms. The average molecular weight is 302 g/mol. The largest absolute Gasteiger partial charge is 0.481 e. The number of carboxylic acid groups (broad SMARTS) is 1. The zero-order chi connectivity index (χ0) is 13.5. The highest BCUT2D eigenvalue weighted by molar-refractivity contribution is 8.98. The summed E-state index contributed by atoms with van der Waals surface area (Å²) >= 11 is 0. The average Bonchev–Trinajstić information content (AvgIpc) is 2.09. The lowest BCUT2D eigenvalue weighted by Gasteiger charge is -2.20. The van der Waals surface area contributed by atoms with Crippen LogP contribution in [0.25, 0.3) is 0 Å². The maximum atomic E-state index is 12.2. The summed E-state index contributed by atoms with van der Waals surface area (Å²) in [5.41, 5.74) is 0. The van der Waals surface area contributed by atoms with Crippen LogP contribution in [0.4, 0.5) is 0 Å². The SMILES string of the molecule is CC(C)OP(=O)(OC(C)C)SSCCC(=O)O. The van der Waals surface area contributed by atoms with Crippen LogP contribution in [-0.2, 0) is 18.4 Å². The van der Waals surface area contributed by atoms with Gasteiger partial charge >= 0.3 is 12.8 Å².